The third-order valence-electron chi connectivity index (χ3n) is 1.65. The second-order valence-electron chi connectivity index (χ2n) is 2.55. The number of hydrogen-bond acceptors (Lipinski definition) is 3. The van der Waals surface area contributed by atoms with Gasteiger partial charge >= 0.3 is 0 Å². The lowest BCUT2D eigenvalue weighted by molar-refractivity contribution is 0.132. The van der Waals surface area contributed by atoms with Crippen LogP contribution < -0.4 is 5.48 Å². The van der Waals surface area contributed by atoms with E-state index in [0.717, 1.165) is 6.07 Å². The molecular formula is C8H10FNO2. The summed E-state index contributed by atoms with van der Waals surface area (Å²) in [4.78, 5) is 0. The van der Waals surface area contributed by atoms with Crippen LogP contribution in [0.5, 0.6) is 5.75 Å². The summed E-state index contributed by atoms with van der Waals surface area (Å²) in [6, 6.07) is 3.09. The second-order valence-corrected chi connectivity index (χ2v) is 2.55. The van der Waals surface area contributed by atoms with Gasteiger partial charge in [-0.2, -0.15) is 5.48 Å². The summed E-state index contributed by atoms with van der Waals surface area (Å²) in [5.74, 6) is -0.477. The lowest BCUT2D eigenvalue weighted by atomic mass is 10.1. The quantitative estimate of drug-likeness (QED) is 0.592. The summed E-state index contributed by atoms with van der Waals surface area (Å²) in [7, 11) is 0. The van der Waals surface area contributed by atoms with Gasteiger partial charge in [0, 0.05) is 5.56 Å². The van der Waals surface area contributed by atoms with Gasteiger partial charge in [-0.1, -0.05) is 0 Å². The number of hydrogen-bond donors (Lipinski definition) is 3. The minimum absolute atomic E-state index is 0.0366. The van der Waals surface area contributed by atoms with Gasteiger partial charge in [0.1, 0.15) is 11.6 Å². The van der Waals surface area contributed by atoms with Crippen LogP contribution in [0.1, 0.15) is 18.5 Å². The fraction of sp³-hybridized carbons (Fsp3) is 0.250. The maximum absolute atomic E-state index is 12.6. The number of nitrogens with one attached hydrogen (secondary N) is 1. The highest BCUT2D eigenvalue weighted by Crippen LogP contribution is 2.23. The molecule has 0 radical (unpaired) electrons. The molecule has 1 aromatic rings. The van der Waals surface area contributed by atoms with Gasteiger partial charge in [-0.05, 0) is 25.1 Å². The van der Waals surface area contributed by atoms with Crippen molar-refractivity contribution in [2.75, 3.05) is 0 Å². The van der Waals surface area contributed by atoms with Crippen LogP contribution in [0.4, 0.5) is 4.39 Å². The molecule has 0 aliphatic rings. The van der Waals surface area contributed by atoms with Gasteiger partial charge in [0.25, 0.3) is 0 Å². The Morgan fingerprint density at radius 3 is 2.75 bits per heavy atom. The van der Waals surface area contributed by atoms with E-state index in [4.69, 9.17) is 5.21 Å². The number of aromatic hydroxyl groups is 1. The average molecular weight is 171 g/mol. The summed E-state index contributed by atoms with van der Waals surface area (Å²) in [6.45, 7) is 1.61. The zero-order chi connectivity index (χ0) is 9.14. The van der Waals surface area contributed by atoms with E-state index < -0.39 is 11.9 Å². The normalized spacial score (nSPS) is 12.9. The first kappa shape index (κ1) is 8.96. The lowest BCUT2D eigenvalue weighted by Gasteiger charge is -2.10. The first-order valence-corrected chi connectivity index (χ1v) is 3.53. The van der Waals surface area contributed by atoms with Gasteiger partial charge in [-0.25, -0.2) is 4.39 Å². The summed E-state index contributed by atoms with van der Waals surface area (Å²) >= 11 is 0. The monoisotopic (exact) mass is 171 g/mol. The zero-order valence-electron chi connectivity index (χ0n) is 6.58. The number of rotatable bonds is 2. The van der Waals surface area contributed by atoms with Crippen LogP contribution in [0.2, 0.25) is 0 Å². The Balaban J connectivity index is 3.04. The Bertz CT molecular complexity index is 278. The molecule has 4 heteroatoms. The standard InChI is InChI=1S/C8H10FNO2/c1-5(10-12)7-4-6(9)2-3-8(7)11/h2-5,10-12H,1H3. The lowest BCUT2D eigenvalue weighted by Crippen LogP contribution is -2.13. The molecule has 3 N–H and O–H groups in total. The largest absolute Gasteiger partial charge is 0.508 e. The summed E-state index contributed by atoms with van der Waals surface area (Å²) in [6.07, 6.45) is 0. The fourth-order valence-corrected chi connectivity index (χ4v) is 0.942. The van der Waals surface area contributed by atoms with Crippen molar-refractivity contribution in [2.24, 2.45) is 0 Å². The molecule has 0 spiro atoms. The number of benzene rings is 1. The second kappa shape index (κ2) is 3.51. The van der Waals surface area contributed by atoms with Gasteiger partial charge in [0.2, 0.25) is 0 Å². The van der Waals surface area contributed by atoms with Gasteiger partial charge in [-0.15, -0.1) is 0 Å². The van der Waals surface area contributed by atoms with Crippen molar-refractivity contribution >= 4 is 0 Å². The van der Waals surface area contributed by atoms with E-state index in [9.17, 15) is 9.50 Å². The van der Waals surface area contributed by atoms with E-state index in [2.05, 4.69) is 0 Å². The molecule has 0 aliphatic carbocycles. The number of phenols is 1. The minimum atomic E-state index is -0.485. The Morgan fingerprint density at radius 1 is 1.50 bits per heavy atom. The molecule has 0 saturated carbocycles. The summed E-state index contributed by atoms with van der Waals surface area (Å²) in [5.41, 5.74) is 2.25. The highest BCUT2D eigenvalue weighted by Gasteiger charge is 2.09. The van der Waals surface area contributed by atoms with Crippen LogP contribution in [0.25, 0.3) is 0 Å². The Kier molecular flexibility index (Phi) is 2.62. The number of halogens is 1. The molecule has 0 amide bonds. The molecular weight excluding hydrogens is 161 g/mol. The van der Waals surface area contributed by atoms with Crippen molar-refractivity contribution in [3.8, 4) is 5.75 Å². The van der Waals surface area contributed by atoms with Crippen molar-refractivity contribution in [3.05, 3.63) is 29.6 Å². The fourth-order valence-electron chi connectivity index (χ4n) is 0.942. The van der Waals surface area contributed by atoms with Crippen molar-refractivity contribution < 1.29 is 14.7 Å². The molecule has 0 bridgehead atoms. The summed E-state index contributed by atoms with van der Waals surface area (Å²) < 4.78 is 12.6. The third kappa shape index (κ3) is 1.72. The van der Waals surface area contributed by atoms with E-state index in [1.807, 2.05) is 5.48 Å². The molecule has 0 saturated heterocycles. The molecule has 1 unspecified atom stereocenters. The van der Waals surface area contributed by atoms with Gasteiger partial charge in [0.15, 0.2) is 0 Å². The molecule has 12 heavy (non-hydrogen) atoms. The Labute approximate surface area is 69.4 Å². The van der Waals surface area contributed by atoms with Crippen LogP contribution in [-0.2, 0) is 0 Å². The van der Waals surface area contributed by atoms with Crippen molar-refractivity contribution in [3.63, 3.8) is 0 Å². The van der Waals surface area contributed by atoms with E-state index in [0.29, 0.717) is 5.56 Å². The molecule has 66 valence electrons. The van der Waals surface area contributed by atoms with Crippen molar-refractivity contribution in [1.82, 2.24) is 5.48 Å². The molecule has 0 fully saturated rings. The van der Waals surface area contributed by atoms with E-state index in [-0.39, 0.29) is 5.75 Å². The maximum Gasteiger partial charge on any atom is 0.123 e. The maximum atomic E-state index is 12.6. The van der Waals surface area contributed by atoms with Crippen molar-refractivity contribution in [2.45, 2.75) is 13.0 Å². The molecule has 3 nitrogen and oxygen atoms in total. The smallest absolute Gasteiger partial charge is 0.123 e. The first-order valence-electron chi connectivity index (χ1n) is 3.53. The Morgan fingerprint density at radius 2 is 2.17 bits per heavy atom. The van der Waals surface area contributed by atoms with Crippen LogP contribution >= 0.6 is 0 Å². The zero-order valence-corrected chi connectivity index (χ0v) is 6.58. The minimum Gasteiger partial charge on any atom is -0.508 e. The molecule has 1 atom stereocenters. The molecule has 0 aromatic heterocycles. The molecule has 0 heterocycles. The summed E-state index contributed by atoms with van der Waals surface area (Å²) in [5, 5.41) is 17.7. The van der Waals surface area contributed by atoms with Crippen LogP contribution in [-0.4, -0.2) is 10.3 Å². The number of hydroxylamine groups is 1. The third-order valence-corrected chi connectivity index (χ3v) is 1.65. The predicted octanol–water partition coefficient (Wildman–Crippen LogP) is 1.57. The highest BCUT2D eigenvalue weighted by atomic mass is 19.1. The van der Waals surface area contributed by atoms with E-state index in [1.54, 1.807) is 6.92 Å². The Hall–Kier alpha value is -1.13. The molecule has 1 rings (SSSR count). The highest BCUT2D eigenvalue weighted by molar-refractivity contribution is 5.34. The van der Waals surface area contributed by atoms with Gasteiger partial charge in [-0.3, -0.25) is 0 Å². The first-order chi connectivity index (χ1) is 5.65. The van der Waals surface area contributed by atoms with Gasteiger partial charge < -0.3 is 10.3 Å². The average Bonchev–Trinajstić information content (AvgIpc) is 2.08. The van der Waals surface area contributed by atoms with Crippen LogP contribution in [0.3, 0.4) is 0 Å². The van der Waals surface area contributed by atoms with Crippen LogP contribution in [0, 0.1) is 5.82 Å². The van der Waals surface area contributed by atoms with Crippen LogP contribution in [0.15, 0.2) is 18.2 Å². The van der Waals surface area contributed by atoms with E-state index >= 15 is 0 Å². The molecule has 0 aliphatic heterocycles. The predicted molar refractivity (Wildman–Crippen MR) is 41.4 cm³/mol. The number of phenolic OH excluding ortho intramolecular Hbond substituents is 1. The molecule has 1 aromatic carbocycles. The van der Waals surface area contributed by atoms with Gasteiger partial charge in [0.05, 0.1) is 6.04 Å². The van der Waals surface area contributed by atoms with Crippen molar-refractivity contribution in [1.29, 1.82) is 0 Å². The van der Waals surface area contributed by atoms with E-state index in [1.165, 1.54) is 12.1 Å². The SMILES string of the molecule is CC(NO)c1cc(F)ccc1O. The topological polar surface area (TPSA) is 52.5 Å².